The maximum absolute atomic E-state index is 3.77. The lowest BCUT2D eigenvalue weighted by molar-refractivity contribution is 0.335. The van der Waals surface area contributed by atoms with E-state index in [2.05, 4.69) is 71.0 Å². The predicted molar refractivity (Wildman–Crippen MR) is 101 cm³/mol. The molecular formula is C21H27N3. The van der Waals surface area contributed by atoms with Crippen molar-refractivity contribution in [3.8, 4) is 0 Å². The van der Waals surface area contributed by atoms with Gasteiger partial charge in [-0.25, -0.2) is 0 Å². The molecule has 1 saturated heterocycles. The summed E-state index contributed by atoms with van der Waals surface area (Å²) >= 11 is 0. The van der Waals surface area contributed by atoms with Crippen LogP contribution in [0.3, 0.4) is 0 Å². The van der Waals surface area contributed by atoms with Crippen molar-refractivity contribution in [1.82, 2.24) is 5.32 Å². The van der Waals surface area contributed by atoms with Gasteiger partial charge in [-0.05, 0) is 62.9 Å². The number of hydrogen-bond donors (Lipinski definition) is 2. The Kier molecular flexibility index (Phi) is 4.44. The molecule has 24 heavy (non-hydrogen) atoms. The zero-order valence-electron chi connectivity index (χ0n) is 14.5. The number of rotatable bonds is 4. The van der Waals surface area contributed by atoms with Gasteiger partial charge in [-0.1, -0.05) is 42.0 Å². The molecule has 2 heterocycles. The number of fused-ring (bicyclic) bond motifs is 1. The second-order valence-corrected chi connectivity index (χ2v) is 7.22. The summed E-state index contributed by atoms with van der Waals surface area (Å²) in [4.78, 5) is 2.56. The summed E-state index contributed by atoms with van der Waals surface area (Å²) in [5, 5.41) is 7.25. The molecule has 2 aliphatic rings. The van der Waals surface area contributed by atoms with Crippen molar-refractivity contribution in [1.29, 1.82) is 0 Å². The molecule has 0 radical (unpaired) electrons. The second kappa shape index (κ2) is 6.86. The topological polar surface area (TPSA) is 27.3 Å². The predicted octanol–water partition coefficient (Wildman–Crippen LogP) is 4.14. The number of benzene rings is 2. The zero-order valence-corrected chi connectivity index (χ0v) is 14.5. The van der Waals surface area contributed by atoms with Crippen LogP contribution < -0.4 is 15.5 Å². The summed E-state index contributed by atoms with van der Waals surface area (Å²) in [7, 11) is 0. The number of nitrogens with zero attached hydrogens (tertiary/aromatic N) is 1. The average Bonchev–Trinajstić information content (AvgIpc) is 2.95. The molecule has 126 valence electrons. The zero-order chi connectivity index (χ0) is 16.4. The minimum atomic E-state index is 0.409. The average molecular weight is 321 g/mol. The van der Waals surface area contributed by atoms with Gasteiger partial charge in [0, 0.05) is 6.54 Å². The van der Waals surface area contributed by atoms with Crippen LogP contribution in [0.25, 0.3) is 0 Å². The molecular weight excluding hydrogens is 294 g/mol. The third-order valence-corrected chi connectivity index (χ3v) is 5.40. The van der Waals surface area contributed by atoms with E-state index in [0.29, 0.717) is 6.17 Å². The molecule has 0 amide bonds. The highest BCUT2D eigenvalue weighted by Crippen LogP contribution is 2.38. The van der Waals surface area contributed by atoms with Crippen LogP contribution in [0, 0.1) is 12.8 Å². The van der Waals surface area contributed by atoms with Gasteiger partial charge in [-0.15, -0.1) is 0 Å². The third-order valence-electron chi connectivity index (χ3n) is 5.40. The van der Waals surface area contributed by atoms with Crippen molar-refractivity contribution in [3.05, 3.63) is 59.7 Å². The Morgan fingerprint density at radius 3 is 2.54 bits per heavy atom. The standard InChI is InChI=1S/C21H27N3/c1-16-6-8-18(9-7-16)15-24-20-5-3-2-4-19(20)23-21(24)14-17-10-12-22-13-11-17/h2-9,17,21-23H,10-15H2,1H3. The number of aryl methyl sites for hydroxylation is 1. The minimum Gasteiger partial charge on any atom is -0.363 e. The first-order valence-corrected chi connectivity index (χ1v) is 9.18. The first kappa shape index (κ1) is 15.5. The van der Waals surface area contributed by atoms with Crippen LogP contribution in [-0.4, -0.2) is 19.3 Å². The highest BCUT2D eigenvalue weighted by molar-refractivity contribution is 5.75. The largest absolute Gasteiger partial charge is 0.363 e. The lowest BCUT2D eigenvalue weighted by Gasteiger charge is -2.32. The van der Waals surface area contributed by atoms with Gasteiger partial charge in [0.15, 0.2) is 0 Å². The van der Waals surface area contributed by atoms with E-state index in [-0.39, 0.29) is 0 Å². The van der Waals surface area contributed by atoms with Crippen molar-refractivity contribution in [2.45, 2.75) is 38.9 Å². The Morgan fingerprint density at radius 2 is 1.75 bits per heavy atom. The van der Waals surface area contributed by atoms with Crippen LogP contribution in [0.4, 0.5) is 11.4 Å². The maximum atomic E-state index is 3.77. The summed E-state index contributed by atoms with van der Waals surface area (Å²) in [5.41, 5.74) is 5.33. The van der Waals surface area contributed by atoms with Gasteiger partial charge in [0.05, 0.1) is 17.5 Å². The van der Waals surface area contributed by atoms with Gasteiger partial charge in [0.2, 0.25) is 0 Å². The lowest BCUT2D eigenvalue weighted by atomic mass is 9.93. The molecule has 1 fully saturated rings. The highest BCUT2D eigenvalue weighted by Gasteiger charge is 2.30. The Balaban J connectivity index is 1.54. The molecule has 2 aromatic rings. The van der Waals surface area contributed by atoms with E-state index in [1.807, 2.05) is 0 Å². The SMILES string of the molecule is Cc1ccc(CN2c3ccccc3NC2CC2CCNCC2)cc1. The molecule has 0 aromatic heterocycles. The quantitative estimate of drug-likeness (QED) is 0.886. The molecule has 3 nitrogen and oxygen atoms in total. The van der Waals surface area contributed by atoms with E-state index in [4.69, 9.17) is 0 Å². The number of anilines is 2. The van der Waals surface area contributed by atoms with Gasteiger partial charge in [-0.3, -0.25) is 0 Å². The fourth-order valence-electron chi connectivity index (χ4n) is 3.98. The van der Waals surface area contributed by atoms with Gasteiger partial charge < -0.3 is 15.5 Å². The van der Waals surface area contributed by atoms with E-state index >= 15 is 0 Å². The van der Waals surface area contributed by atoms with Gasteiger partial charge in [0.1, 0.15) is 0 Å². The number of nitrogens with one attached hydrogen (secondary N) is 2. The maximum Gasteiger partial charge on any atom is 0.0997 e. The molecule has 0 aliphatic carbocycles. The molecule has 2 N–H and O–H groups in total. The Hall–Kier alpha value is -2.00. The highest BCUT2D eigenvalue weighted by atomic mass is 15.3. The first-order valence-electron chi connectivity index (χ1n) is 9.18. The van der Waals surface area contributed by atoms with Crippen LogP contribution >= 0.6 is 0 Å². The van der Waals surface area contributed by atoms with E-state index < -0.39 is 0 Å². The molecule has 0 saturated carbocycles. The molecule has 0 bridgehead atoms. The molecule has 4 rings (SSSR count). The van der Waals surface area contributed by atoms with Crippen molar-refractivity contribution in [2.24, 2.45) is 5.92 Å². The fraction of sp³-hybridized carbons (Fsp3) is 0.429. The summed E-state index contributed by atoms with van der Waals surface area (Å²) < 4.78 is 0. The normalized spacial score (nSPS) is 20.7. The van der Waals surface area contributed by atoms with Crippen molar-refractivity contribution < 1.29 is 0 Å². The van der Waals surface area contributed by atoms with Crippen molar-refractivity contribution in [2.75, 3.05) is 23.3 Å². The van der Waals surface area contributed by atoms with E-state index in [1.54, 1.807) is 0 Å². The lowest BCUT2D eigenvalue weighted by Crippen LogP contribution is -2.39. The summed E-state index contributed by atoms with van der Waals surface area (Å²) in [6.45, 7) is 5.46. The van der Waals surface area contributed by atoms with Crippen LogP contribution in [0.15, 0.2) is 48.5 Å². The second-order valence-electron chi connectivity index (χ2n) is 7.22. The molecule has 2 aromatic carbocycles. The van der Waals surface area contributed by atoms with Crippen LogP contribution in [0.5, 0.6) is 0 Å². The monoisotopic (exact) mass is 321 g/mol. The number of hydrogen-bond acceptors (Lipinski definition) is 3. The smallest absolute Gasteiger partial charge is 0.0997 e. The van der Waals surface area contributed by atoms with Crippen LogP contribution in [-0.2, 0) is 6.54 Å². The van der Waals surface area contributed by atoms with E-state index in [1.165, 1.54) is 54.9 Å². The molecule has 3 heteroatoms. The molecule has 0 spiro atoms. The fourth-order valence-corrected chi connectivity index (χ4v) is 3.98. The van der Waals surface area contributed by atoms with Crippen molar-refractivity contribution in [3.63, 3.8) is 0 Å². The molecule has 2 aliphatic heterocycles. The van der Waals surface area contributed by atoms with Gasteiger partial charge in [0.25, 0.3) is 0 Å². The van der Waals surface area contributed by atoms with Crippen molar-refractivity contribution >= 4 is 11.4 Å². The van der Waals surface area contributed by atoms with Gasteiger partial charge >= 0.3 is 0 Å². The molecule has 1 atom stereocenters. The Bertz CT molecular complexity index is 674. The number of piperidine rings is 1. The number of para-hydroxylation sites is 2. The van der Waals surface area contributed by atoms with Crippen LogP contribution in [0.2, 0.25) is 0 Å². The third kappa shape index (κ3) is 3.27. The Labute approximate surface area is 145 Å². The minimum absolute atomic E-state index is 0.409. The van der Waals surface area contributed by atoms with E-state index in [9.17, 15) is 0 Å². The summed E-state index contributed by atoms with van der Waals surface area (Å²) in [6, 6.07) is 17.7. The summed E-state index contributed by atoms with van der Waals surface area (Å²) in [6.07, 6.45) is 4.23. The Morgan fingerprint density at radius 1 is 1.00 bits per heavy atom. The van der Waals surface area contributed by atoms with Gasteiger partial charge in [-0.2, -0.15) is 0 Å². The first-order chi connectivity index (χ1) is 11.8. The summed E-state index contributed by atoms with van der Waals surface area (Å²) in [5.74, 6) is 0.818. The van der Waals surface area contributed by atoms with Crippen LogP contribution in [0.1, 0.15) is 30.4 Å². The molecule has 1 unspecified atom stereocenters. The van der Waals surface area contributed by atoms with E-state index in [0.717, 1.165) is 12.5 Å².